The van der Waals surface area contributed by atoms with Crippen LogP contribution in [0.25, 0.3) is 0 Å². The third-order valence-corrected chi connectivity index (χ3v) is 2.07. The molecule has 1 amide bonds. The summed E-state index contributed by atoms with van der Waals surface area (Å²) in [6.45, 7) is 11.4. The fraction of sp³-hybridized carbons (Fsp3) is 0.667. The zero-order valence-electron chi connectivity index (χ0n) is 10.5. The number of ether oxygens (including phenoxy) is 1. The molecule has 1 atom stereocenters. The van der Waals surface area contributed by atoms with Crippen molar-refractivity contribution in [2.75, 3.05) is 13.2 Å². The molecule has 0 saturated heterocycles. The molecule has 0 spiro atoms. The number of rotatable bonds is 5. The van der Waals surface area contributed by atoms with E-state index in [1.807, 2.05) is 20.8 Å². The Morgan fingerprint density at radius 3 is 2.38 bits per heavy atom. The Kier molecular flexibility index (Phi) is 5.78. The maximum Gasteiger partial charge on any atom is 0.319 e. The molecule has 0 aromatic heterocycles. The van der Waals surface area contributed by atoms with Crippen LogP contribution in [-0.4, -0.2) is 25.0 Å². The fourth-order valence-corrected chi connectivity index (χ4v) is 1.35. The van der Waals surface area contributed by atoms with Gasteiger partial charge in [0.25, 0.3) is 0 Å². The summed E-state index contributed by atoms with van der Waals surface area (Å²) in [7, 11) is 0. The first-order chi connectivity index (χ1) is 7.34. The molecule has 0 aliphatic heterocycles. The van der Waals surface area contributed by atoms with Crippen molar-refractivity contribution in [2.24, 2.45) is 11.3 Å². The van der Waals surface area contributed by atoms with Gasteiger partial charge in [0, 0.05) is 6.54 Å². The third-order valence-electron chi connectivity index (χ3n) is 2.07. The number of esters is 1. The number of hydrogen-bond acceptors (Lipinski definition) is 3. The van der Waals surface area contributed by atoms with Crippen molar-refractivity contribution in [3.05, 3.63) is 12.7 Å². The zero-order valence-corrected chi connectivity index (χ0v) is 10.5. The molecule has 0 bridgehead atoms. The second-order valence-corrected chi connectivity index (χ2v) is 4.58. The molecule has 92 valence electrons. The van der Waals surface area contributed by atoms with Crippen LogP contribution in [0.15, 0.2) is 12.7 Å². The second kappa shape index (κ2) is 6.30. The molecule has 1 N–H and O–H groups in total. The molecular formula is C12H21NO3. The van der Waals surface area contributed by atoms with Crippen LogP contribution in [0.3, 0.4) is 0 Å². The van der Waals surface area contributed by atoms with Crippen LogP contribution in [0, 0.1) is 11.3 Å². The first-order valence-corrected chi connectivity index (χ1v) is 5.39. The molecule has 0 aromatic rings. The van der Waals surface area contributed by atoms with Gasteiger partial charge >= 0.3 is 5.97 Å². The Balaban J connectivity index is 4.74. The Hall–Kier alpha value is -1.32. The second-order valence-electron chi connectivity index (χ2n) is 4.58. The van der Waals surface area contributed by atoms with E-state index in [1.165, 1.54) is 0 Å². The zero-order chi connectivity index (χ0) is 12.8. The molecule has 0 aliphatic rings. The minimum atomic E-state index is -0.785. The average Bonchev–Trinajstić information content (AvgIpc) is 2.13. The molecular weight excluding hydrogens is 206 g/mol. The first-order valence-electron chi connectivity index (χ1n) is 5.39. The van der Waals surface area contributed by atoms with Crippen molar-refractivity contribution < 1.29 is 14.3 Å². The monoisotopic (exact) mass is 227 g/mol. The van der Waals surface area contributed by atoms with Gasteiger partial charge in [0.2, 0.25) is 5.91 Å². The van der Waals surface area contributed by atoms with Crippen LogP contribution in [0.4, 0.5) is 0 Å². The standard InChI is InChI=1S/C12H21NO3/c1-6-8-13-10(14)9(12(3,4)5)11(15)16-7-2/h6,9H,1,7-8H2,2-5H3,(H,13,14). The van der Waals surface area contributed by atoms with E-state index in [-0.39, 0.29) is 12.5 Å². The van der Waals surface area contributed by atoms with E-state index >= 15 is 0 Å². The molecule has 0 radical (unpaired) electrons. The minimum Gasteiger partial charge on any atom is -0.465 e. The van der Waals surface area contributed by atoms with Crippen LogP contribution in [0.2, 0.25) is 0 Å². The SMILES string of the molecule is C=CCNC(=O)C(C(=O)OCC)C(C)(C)C. The van der Waals surface area contributed by atoms with E-state index in [9.17, 15) is 9.59 Å². The molecule has 4 heteroatoms. The molecule has 0 rings (SSSR count). The number of amides is 1. The Morgan fingerprint density at radius 1 is 1.44 bits per heavy atom. The van der Waals surface area contributed by atoms with E-state index in [4.69, 9.17) is 4.74 Å². The maximum absolute atomic E-state index is 11.8. The van der Waals surface area contributed by atoms with E-state index in [0.29, 0.717) is 6.54 Å². The molecule has 0 aliphatic carbocycles. The lowest BCUT2D eigenvalue weighted by Crippen LogP contribution is -2.43. The van der Waals surface area contributed by atoms with Crippen molar-refractivity contribution in [1.29, 1.82) is 0 Å². The Morgan fingerprint density at radius 2 is 2.00 bits per heavy atom. The number of carbonyl (C=O) groups is 2. The van der Waals surface area contributed by atoms with Crippen LogP contribution >= 0.6 is 0 Å². The number of nitrogens with one attached hydrogen (secondary N) is 1. The van der Waals surface area contributed by atoms with Gasteiger partial charge in [0.15, 0.2) is 0 Å². The van der Waals surface area contributed by atoms with E-state index in [0.717, 1.165) is 0 Å². The highest BCUT2D eigenvalue weighted by Crippen LogP contribution is 2.27. The largest absolute Gasteiger partial charge is 0.465 e. The summed E-state index contributed by atoms with van der Waals surface area (Å²) in [5.41, 5.74) is -0.461. The predicted molar refractivity (Wildman–Crippen MR) is 62.8 cm³/mol. The summed E-state index contributed by atoms with van der Waals surface area (Å²) in [4.78, 5) is 23.5. The summed E-state index contributed by atoms with van der Waals surface area (Å²) in [5, 5.41) is 2.62. The molecule has 1 unspecified atom stereocenters. The van der Waals surface area contributed by atoms with Crippen molar-refractivity contribution in [1.82, 2.24) is 5.32 Å². The van der Waals surface area contributed by atoms with Crippen molar-refractivity contribution >= 4 is 11.9 Å². The number of hydrogen-bond donors (Lipinski definition) is 1. The molecule has 0 heterocycles. The average molecular weight is 227 g/mol. The third kappa shape index (κ3) is 4.47. The summed E-state index contributed by atoms with van der Waals surface area (Å²) in [6.07, 6.45) is 1.57. The van der Waals surface area contributed by atoms with Crippen LogP contribution in [0.1, 0.15) is 27.7 Å². The minimum absolute atomic E-state index is 0.278. The van der Waals surface area contributed by atoms with Crippen LogP contribution < -0.4 is 5.32 Å². The summed E-state index contributed by atoms with van der Waals surface area (Å²) in [6, 6.07) is 0. The lowest BCUT2D eigenvalue weighted by Gasteiger charge is -2.27. The smallest absolute Gasteiger partial charge is 0.319 e. The van der Waals surface area contributed by atoms with Gasteiger partial charge in [0.1, 0.15) is 5.92 Å². The van der Waals surface area contributed by atoms with Gasteiger partial charge in [-0.2, -0.15) is 0 Å². The Labute approximate surface area is 97.1 Å². The van der Waals surface area contributed by atoms with Gasteiger partial charge in [0.05, 0.1) is 6.61 Å². The maximum atomic E-state index is 11.8. The van der Waals surface area contributed by atoms with E-state index in [2.05, 4.69) is 11.9 Å². The molecule has 16 heavy (non-hydrogen) atoms. The van der Waals surface area contributed by atoms with Gasteiger partial charge in [-0.3, -0.25) is 9.59 Å². The van der Waals surface area contributed by atoms with Crippen molar-refractivity contribution in [2.45, 2.75) is 27.7 Å². The van der Waals surface area contributed by atoms with Crippen molar-refractivity contribution in [3.8, 4) is 0 Å². The van der Waals surface area contributed by atoms with Gasteiger partial charge in [-0.05, 0) is 12.3 Å². The summed E-state index contributed by atoms with van der Waals surface area (Å²) >= 11 is 0. The van der Waals surface area contributed by atoms with Gasteiger partial charge in [-0.15, -0.1) is 6.58 Å². The van der Waals surface area contributed by atoms with Crippen LogP contribution in [0.5, 0.6) is 0 Å². The first kappa shape index (κ1) is 14.7. The predicted octanol–water partition coefficient (Wildman–Crippen LogP) is 1.51. The highest BCUT2D eigenvalue weighted by molar-refractivity contribution is 5.98. The normalized spacial score (nSPS) is 12.8. The highest BCUT2D eigenvalue weighted by atomic mass is 16.5. The Bertz CT molecular complexity index is 266. The summed E-state index contributed by atoms with van der Waals surface area (Å²) < 4.78 is 4.91. The lowest BCUT2D eigenvalue weighted by atomic mass is 9.80. The lowest BCUT2D eigenvalue weighted by molar-refractivity contribution is -0.156. The van der Waals surface area contributed by atoms with Gasteiger partial charge < -0.3 is 10.1 Å². The highest BCUT2D eigenvalue weighted by Gasteiger charge is 2.38. The van der Waals surface area contributed by atoms with E-state index in [1.54, 1.807) is 13.0 Å². The number of carbonyl (C=O) groups excluding carboxylic acids is 2. The molecule has 4 nitrogen and oxygen atoms in total. The quantitative estimate of drug-likeness (QED) is 0.440. The van der Waals surface area contributed by atoms with Gasteiger partial charge in [-0.1, -0.05) is 26.8 Å². The summed E-state index contributed by atoms with van der Waals surface area (Å²) in [5.74, 6) is -1.57. The van der Waals surface area contributed by atoms with E-state index < -0.39 is 17.3 Å². The van der Waals surface area contributed by atoms with Crippen molar-refractivity contribution in [3.63, 3.8) is 0 Å². The van der Waals surface area contributed by atoms with Crippen LogP contribution in [-0.2, 0) is 14.3 Å². The molecule has 0 saturated carbocycles. The fourth-order valence-electron chi connectivity index (χ4n) is 1.35. The van der Waals surface area contributed by atoms with Gasteiger partial charge in [-0.25, -0.2) is 0 Å². The molecule has 0 fully saturated rings. The molecule has 0 aromatic carbocycles. The topological polar surface area (TPSA) is 55.4 Å².